The van der Waals surface area contributed by atoms with Crippen molar-refractivity contribution in [3.8, 4) is 22.6 Å². The number of nitrogens with two attached hydrogens (primary N) is 1. The highest BCUT2D eigenvalue weighted by Gasteiger charge is 2.13. The van der Waals surface area contributed by atoms with Gasteiger partial charge in [-0.15, -0.1) is 0 Å². The molecule has 0 amide bonds. The van der Waals surface area contributed by atoms with Crippen molar-refractivity contribution in [1.29, 1.82) is 0 Å². The van der Waals surface area contributed by atoms with Crippen LogP contribution in [-0.2, 0) is 0 Å². The third-order valence-electron chi connectivity index (χ3n) is 4.86. The highest BCUT2D eigenvalue weighted by molar-refractivity contribution is 6.03. The van der Waals surface area contributed by atoms with Crippen molar-refractivity contribution >= 4 is 23.1 Å². The topological polar surface area (TPSA) is 98.8 Å². The number of aliphatic imine (C=N–C) groups is 1. The van der Waals surface area contributed by atoms with E-state index in [-0.39, 0.29) is 5.78 Å². The van der Waals surface area contributed by atoms with Crippen LogP contribution in [0.5, 0.6) is 11.5 Å². The maximum atomic E-state index is 11.6. The lowest BCUT2D eigenvalue weighted by molar-refractivity contribution is 0.0994. The second-order valence-corrected chi connectivity index (χ2v) is 7.54. The number of nitrogens with one attached hydrogen (secondary N) is 1. The summed E-state index contributed by atoms with van der Waals surface area (Å²) < 4.78 is 10.5. The molecule has 3 N–H and O–H groups in total. The molecule has 0 fully saturated rings. The third kappa shape index (κ3) is 7.99. The molecule has 0 saturated carbocycles. The minimum Gasteiger partial charge on any atom is -0.497 e. The fraction of sp³-hybridized carbons (Fsp3) is 0.250. The van der Waals surface area contributed by atoms with E-state index < -0.39 is 0 Å². The molecule has 1 aromatic heterocycles. The summed E-state index contributed by atoms with van der Waals surface area (Å²) >= 11 is 0. The minimum absolute atomic E-state index is 0.189. The maximum absolute atomic E-state index is 11.6. The number of pyridine rings is 1. The van der Waals surface area contributed by atoms with Gasteiger partial charge in [0.25, 0.3) is 0 Å². The highest BCUT2D eigenvalue weighted by Crippen LogP contribution is 2.30. The van der Waals surface area contributed by atoms with Gasteiger partial charge in [0.15, 0.2) is 11.6 Å². The molecule has 7 nitrogen and oxygen atoms in total. The molecular weight excluding hydrogens is 440 g/mol. The minimum atomic E-state index is 0.189. The van der Waals surface area contributed by atoms with E-state index in [1.165, 1.54) is 0 Å². The molecule has 2 aromatic carbocycles. The number of fused-ring (bicyclic) bond motifs is 1. The highest BCUT2D eigenvalue weighted by atomic mass is 16.5. The fourth-order valence-electron chi connectivity index (χ4n) is 3.23. The van der Waals surface area contributed by atoms with Gasteiger partial charge in [0.1, 0.15) is 11.5 Å². The lowest BCUT2D eigenvalue weighted by Gasteiger charge is -2.08. The van der Waals surface area contributed by atoms with E-state index in [1.807, 2.05) is 81.6 Å². The Balaban J connectivity index is 0.000000248. The summed E-state index contributed by atoms with van der Waals surface area (Å²) in [4.78, 5) is 20.0. The van der Waals surface area contributed by atoms with Crippen LogP contribution in [0.3, 0.4) is 0 Å². The number of para-hydroxylation sites is 1. The molecule has 0 spiro atoms. The molecule has 0 atom stereocenters. The molecule has 0 unspecified atom stereocenters. The summed E-state index contributed by atoms with van der Waals surface area (Å²) in [5, 5.41) is 3.12. The first-order chi connectivity index (χ1) is 16.9. The molecular formula is C28H34N4O3. The van der Waals surface area contributed by atoms with E-state index >= 15 is 0 Å². The van der Waals surface area contributed by atoms with E-state index in [2.05, 4.69) is 15.3 Å². The molecule has 0 bridgehead atoms. The second-order valence-electron chi connectivity index (χ2n) is 7.54. The molecule has 1 aliphatic rings. The molecule has 0 aliphatic carbocycles. The summed E-state index contributed by atoms with van der Waals surface area (Å²) in [6.45, 7) is 7.68. The van der Waals surface area contributed by atoms with Crippen molar-refractivity contribution in [1.82, 2.24) is 4.98 Å². The number of nitrogens with zero attached hydrogens (tertiary/aromatic N) is 2. The predicted octanol–water partition coefficient (Wildman–Crippen LogP) is 6.39. The summed E-state index contributed by atoms with van der Waals surface area (Å²) in [6.07, 6.45) is 4.16. The van der Waals surface area contributed by atoms with Gasteiger partial charge in [-0.3, -0.25) is 4.79 Å². The first-order valence-electron chi connectivity index (χ1n) is 11.4. The van der Waals surface area contributed by atoms with Crippen LogP contribution in [0.2, 0.25) is 0 Å². The number of hydrogen-bond donors (Lipinski definition) is 2. The lowest BCUT2D eigenvalue weighted by atomic mass is 10.0. The van der Waals surface area contributed by atoms with Gasteiger partial charge in [-0.05, 0) is 61.4 Å². The Hall–Kier alpha value is -4.13. The van der Waals surface area contributed by atoms with E-state index in [9.17, 15) is 4.79 Å². The normalized spacial score (nSPS) is 12.3. The molecule has 3 aromatic rings. The maximum Gasteiger partial charge on any atom is 0.169 e. The number of allylic oxidation sites excluding steroid dienone is 1. The van der Waals surface area contributed by atoms with Gasteiger partial charge < -0.3 is 20.5 Å². The lowest BCUT2D eigenvalue weighted by Crippen LogP contribution is -2.04. The molecule has 184 valence electrons. The van der Waals surface area contributed by atoms with Crippen molar-refractivity contribution in [3.63, 3.8) is 0 Å². The first-order valence-corrected chi connectivity index (χ1v) is 11.4. The Kier molecular flexibility index (Phi) is 10.5. The van der Waals surface area contributed by atoms with Crippen LogP contribution >= 0.6 is 0 Å². The van der Waals surface area contributed by atoms with Gasteiger partial charge in [-0.1, -0.05) is 26.0 Å². The van der Waals surface area contributed by atoms with Crippen molar-refractivity contribution < 1.29 is 14.3 Å². The summed E-state index contributed by atoms with van der Waals surface area (Å²) in [5.74, 6) is 2.73. The van der Waals surface area contributed by atoms with E-state index in [1.54, 1.807) is 27.3 Å². The van der Waals surface area contributed by atoms with Gasteiger partial charge in [0.05, 0.1) is 20.1 Å². The van der Waals surface area contributed by atoms with Gasteiger partial charge in [0.2, 0.25) is 0 Å². The predicted molar refractivity (Wildman–Crippen MR) is 144 cm³/mol. The number of Topliss-reactive ketones (excluding diaryl/α,β-unsaturated/α-hetero) is 1. The molecule has 4 rings (SSSR count). The Morgan fingerprint density at radius 2 is 1.66 bits per heavy atom. The smallest absolute Gasteiger partial charge is 0.169 e. The Morgan fingerprint density at radius 1 is 1.00 bits per heavy atom. The van der Waals surface area contributed by atoms with Crippen LogP contribution in [-0.4, -0.2) is 30.8 Å². The summed E-state index contributed by atoms with van der Waals surface area (Å²) in [5.41, 5.74) is 10.2. The number of hydrogen-bond acceptors (Lipinski definition) is 6. The quantitative estimate of drug-likeness (QED) is 0.336. The number of amidine groups is 1. The van der Waals surface area contributed by atoms with Crippen molar-refractivity contribution in [2.24, 2.45) is 10.7 Å². The zero-order valence-electron chi connectivity index (χ0n) is 21.3. The Labute approximate surface area is 207 Å². The largest absolute Gasteiger partial charge is 0.497 e. The number of anilines is 1. The van der Waals surface area contributed by atoms with Crippen molar-refractivity contribution in [2.45, 2.75) is 34.1 Å². The van der Waals surface area contributed by atoms with Crippen LogP contribution in [0.1, 0.15) is 44.5 Å². The van der Waals surface area contributed by atoms with Crippen LogP contribution < -0.4 is 20.5 Å². The molecule has 35 heavy (non-hydrogen) atoms. The molecule has 7 heteroatoms. The van der Waals surface area contributed by atoms with Gasteiger partial charge >= 0.3 is 0 Å². The fourth-order valence-corrected chi connectivity index (χ4v) is 3.23. The monoisotopic (exact) mass is 474 g/mol. The number of methoxy groups -OCH3 is 2. The van der Waals surface area contributed by atoms with Gasteiger partial charge in [-0.25, -0.2) is 9.98 Å². The molecule has 0 saturated heterocycles. The number of carbonyl (C=O) groups excluding carboxylic acids is 1. The number of aromatic nitrogens is 1. The summed E-state index contributed by atoms with van der Waals surface area (Å²) in [7, 11) is 3.25. The number of ether oxygens (including phenoxy) is 2. The zero-order chi connectivity index (χ0) is 25.8. The molecule has 1 aliphatic heterocycles. The van der Waals surface area contributed by atoms with Gasteiger partial charge in [-0.2, -0.15) is 0 Å². The second kappa shape index (κ2) is 13.5. The van der Waals surface area contributed by atoms with Crippen LogP contribution in [0.25, 0.3) is 11.1 Å². The standard InChI is InChI=1S/C15H17N3O2.C11H11NO.C2H6/c1-10(16)18-15-5-4-11(9-17-15)12-6-13(19-2)8-14(7-12)20-3;1-8-6-11(13)9-4-2-3-5-10(9)12-7-8;1-2/h4-9H,1-3H3,(H2,16,17,18);2-5,7,12H,6H2,1H3;1-2H3. The average Bonchev–Trinajstić information content (AvgIpc) is 3.03. The van der Waals surface area contributed by atoms with E-state index in [0.717, 1.165) is 39.4 Å². The SMILES string of the molecule is CC.CC1=CNc2ccccc2C(=O)C1.COc1cc(OC)cc(-c2ccc(N=C(C)N)nc2)c1. The van der Waals surface area contributed by atoms with Crippen LogP contribution in [0, 0.1) is 0 Å². The van der Waals surface area contributed by atoms with Crippen LogP contribution in [0.15, 0.2) is 77.6 Å². The van der Waals surface area contributed by atoms with Crippen molar-refractivity contribution in [2.75, 3.05) is 19.5 Å². The number of ketones is 1. The third-order valence-corrected chi connectivity index (χ3v) is 4.86. The number of rotatable bonds is 4. The van der Waals surface area contributed by atoms with Crippen molar-refractivity contribution in [3.05, 3.63) is 78.1 Å². The van der Waals surface area contributed by atoms with E-state index in [0.29, 0.717) is 18.1 Å². The Bertz CT molecular complexity index is 1160. The number of benzene rings is 2. The summed E-state index contributed by atoms with van der Waals surface area (Å²) in [6, 6.07) is 17.0. The molecule has 0 radical (unpaired) electrons. The Morgan fingerprint density at radius 3 is 2.23 bits per heavy atom. The zero-order valence-corrected chi connectivity index (χ0v) is 21.3. The first kappa shape index (κ1) is 27.1. The van der Waals surface area contributed by atoms with E-state index in [4.69, 9.17) is 15.2 Å². The van der Waals surface area contributed by atoms with Crippen LogP contribution in [0.4, 0.5) is 11.5 Å². The average molecular weight is 475 g/mol. The number of carbonyl (C=O) groups is 1. The van der Waals surface area contributed by atoms with Gasteiger partial charge in [0, 0.05) is 41.7 Å². The molecule has 2 heterocycles.